The predicted molar refractivity (Wildman–Crippen MR) is 62.7 cm³/mol. The van der Waals surface area contributed by atoms with E-state index >= 15 is 0 Å². The van der Waals surface area contributed by atoms with Crippen LogP contribution in [0.1, 0.15) is 26.3 Å². The number of hydrogen-bond acceptors (Lipinski definition) is 0. The second kappa shape index (κ2) is 4.36. The monoisotopic (exact) mass is 192 g/mol. The Bertz CT molecular complexity index is 407. The molecule has 1 heterocycles. The lowest BCUT2D eigenvalue weighted by Crippen LogP contribution is -2.19. The maximum Gasteiger partial charge on any atom is 0.0826 e. The van der Waals surface area contributed by atoms with E-state index in [1.165, 1.54) is 16.6 Å². The van der Waals surface area contributed by atoms with Gasteiger partial charge < -0.3 is 0 Å². The first kappa shape index (κ1) is 10.9. The molecule has 0 aliphatic rings. The summed E-state index contributed by atoms with van der Waals surface area (Å²) in [5.41, 5.74) is 4.03. The van der Waals surface area contributed by atoms with Gasteiger partial charge in [0.2, 0.25) is 0 Å². The highest BCUT2D eigenvalue weighted by Crippen LogP contribution is 2.19. The minimum atomic E-state index is 1.05. The molecule has 0 spiro atoms. The molecule has 2 nitrogen and oxygen atoms in total. The molecule has 0 aliphatic heterocycles. The lowest BCUT2D eigenvalue weighted by molar-refractivity contribution is 0.529. The van der Waals surface area contributed by atoms with Gasteiger partial charge in [-0.1, -0.05) is 19.9 Å². The SMILES string of the molecule is CC.CCn1c2ccc(C)cc2n1C. The molecule has 0 bridgehead atoms. The number of aryl methyl sites for hydroxylation is 3. The number of fused-ring (bicyclic) bond motifs is 1. The van der Waals surface area contributed by atoms with E-state index in [1.807, 2.05) is 13.8 Å². The molecule has 2 heteroatoms. The Hall–Kier alpha value is -1.18. The van der Waals surface area contributed by atoms with Crippen LogP contribution >= 0.6 is 0 Å². The fourth-order valence-corrected chi connectivity index (χ4v) is 1.74. The molecule has 78 valence electrons. The van der Waals surface area contributed by atoms with E-state index in [9.17, 15) is 0 Å². The zero-order chi connectivity index (χ0) is 10.7. The molecule has 0 radical (unpaired) electrons. The molecular weight excluding hydrogens is 172 g/mol. The van der Waals surface area contributed by atoms with Gasteiger partial charge >= 0.3 is 0 Å². The minimum absolute atomic E-state index is 1.05. The Kier molecular flexibility index (Phi) is 3.39. The summed E-state index contributed by atoms with van der Waals surface area (Å²) in [4.78, 5) is 0. The number of aromatic nitrogens is 2. The molecule has 0 atom stereocenters. The highest BCUT2D eigenvalue weighted by Gasteiger charge is 2.07. The van der Waals surface area contributed by atoms with E-state index < -0.39 is 0 Å². The van der Waals surface area contributed by atoms with Gasteiger partial charge in [0.15, 0.2) is 0 Å². The molecule has 0 amide bonds. The van der Waals surface area contributed by atoms with Crippen LogP contribution in [-0.2, 0) is 13.6 Å². The third kappa shape index (κ3) is 1.57. The fraction of sp³-hybridized carbons (Fsp3) is 0.500. The van der Waals surface area contributed by atoms with Crippen LogP contribution in [0.3, 0.4) is 0 Å². The summed E-state index contributed by atoms with van der Waals surface area (Å²) in [5, 5.41) is 0. The molecule has 0 N–H and O–H groups in total. The van der Waals surface area contributed by atoms with Crippen molar-refractivity contribution in [1.82, 2.24) is 9.36 Å². The van der Waals surface area contributed by atoms with Crippen molar-refractivity contribution in [1.29, 1.82) is 0 Å². The first-order valence-electron chi connectivity index (χ1n) is 5.36. The largest absolute Gasteiger partial charge is 0.286 e. The van der Waals surface area contributed by atoms with Crippen molar-refractivity contribution < 1.29 is 0 Å². The Morgan fingerprint density at radius 1 is 1.14 bits per heavy atom. The number of benzene rings is 1. The molecule has 14 heavy (non-hydrogen) atoms. The Morgan fingerprint density at radius 3 is 2.36 bits per heavy atom. The van der Waals surface area contributed by atoms with Crippen molar-refractivity contribution >= 4 is 11.0 Å². The maximum absolute atomic E-state index is 2.26. The number of nitrogens with zero attached hydrogens (tertiary/aromatic N) is 2. The molecule has 0 fully saturated rings. The average Bonchev–Trinajstić information content (AvgIpc) is 2.23. The highest BCUT2D eigenvalue weighted by molar-refractivity contribution is 5.78. The van der Waals surface area contributed by atoms with E-state index in [0.717, 1.165) is 6.54 Å². The Morgan fingerprint density at radius 2 is 1.79 bits per heavy atom. The third-order valence-corrected chi connectivity index (χ3v) is 2.42. The quantitative estimate of drug-likeness (QED) is 0.656. The van der Waals surface area contributed by atoms with Crippen molar-refractivity contribution in [2.75, 3.05) is 0 Å². The lowest BCUT2D eigenvalue weighted by atomic mass is 10.2. The topological polar surface area (TPSA) is 9.86 Å². The molecule has 2 aromatic rings. The summed E-state index contributed by atoms with van der Waals surface area (Å²) in [7, 11) is 2.10. The first-order valence-corrected chi connectivity index (χ1v) is 5.36. The Balaban J connectivity index is 0.000000461. The van der Waals surface area contributed by atoms with Gasteiger partial charge in [-0.05, 0) is 31.5 Å². The van der Waals surface area contributed by atoms with Gasteiger partial charge in [-0.2, -0.15) is 0 Å². The summed E-state index contributed by atoms with van der Waals surface area (Å²) < 4.78 is 4.46. The standard InChI is InChI=1S/C10H14N2.C2H6/c1-4-12-9-6-5-8(2)7-10(9)11(12)3;1-2/h5-7H,4H2,1-3H3;1-2H3. The van der Waals surface area contributed by atoms with Gasteiger partial charge in [0.1, 0.15) is 0 Å². The molecular formula is C12H20N2. The van der Waals surface area contributed by atoms with Crippen LogP contribution in [0.25, 0.3) is 11.0 Å². The Labute approximate surface area is 86.1 Å². The van der Waals surface area contributed by atoms with Crippen LogP contribution < -0.4 is 0 Å². The minimum Gasteiger partial charge on any atom is -0.286 e. The zero-order valence-electron chi connectivity index (χ0n) is 9.83. The highest BCUT2D eigenvalue weighted by atomic mass is 15.4. The maximum atomic E-state index is 2.26. The van der Waals surface area contributed by atoms with Crippen LogP contribution in [0.5, 0.6) is 0 Å². The number of hydrogen-bond donors (Lipinski definition) is 0. The van der Waals surface area contributed by atoms with Gasteiger partial charge in [0, 0.05) is 13.6 Å². The van der Waals surface area contributed by atoms with E-state index in [4.69, 9.17) is 0 Å². The van der Waals surface area contributed by atoms with E-state index in [1.54, 1.807) is 0 Å². The van der Waals surface area contributed by atoms with E-state index in [-0.39, 0.29) is 0 Å². The summed E-state index contributed by atoms with van der Waals surface area (Å²) in [6, 6.07) is 6.57. The van der Waals surface area contributed by atoms with Crippen molar-refractivity contribution in [3.05, 3.63) is 23.8 Å². The molecule has 0 aliphatic carbocycles. The number of rotatable bonds is 1. The predicted octanol–water partition coefficient (Wildman–Crippen LogP) is 3.33. The zero-order valence-corrected chi connectivity index (χ0v) is 9.83. The summed E-state index contributed by atoms with van der Waals surface area (Å²) in [6.45, 7) is 9.34. The van der Waals surface area contributed by atoms with Gasteiger partial charge in [-0.25, -0.2) is 0 Å². The molecule has 1 aromatic heterocycles. The van der Waals surface area contributed by atoms with Crippen LogP contribution in [0.4, 0.5) is 0 Å². The smallest absolute Gasteiger partial charge is 0.0826 e. The van der Waals surface area contributed by atoms with Gasteiger partial charge in [-0.15, -0.1) is 0 Å². The molecule has 1 aromatic carbocycles. The summed E-state index contributed by atoms with van der Waals surface area (Å²) in [5.74, 6) is 0. The molecule has 0 saturated heterocycles. The van der Waals surface area contributed by atoms with Crippen LogP contribution in [0.2, 0.25) is 0 Å². The second-order valence-electron chi connectivity index (χ2n) is 3.23. The second-order valence-corrected chi connectivity index (χ2v) is 3.23. The fourth-order valence-electron chi connectivity index (χ4n) is 1.74. The van der Waals surface area contributed by atoms with Crippen LogP contribution in [-0.4, -0.2) is 9.36 Å². The summed E-state index contributed by atoms with van der Waals surface area (Å²) in [6.07, 6.45) is 0. The molecule has 0 saturated carbocycles. The third-order valence-electron chi connectivity index (χ3n) is 2.42. The van der Waals surface area contributed by atoms with E-state index in [0.29, 0.717) is 0 Å². The van der Waals surface area contributed by atoms with Crippen LogP contribution in [0.15, 0.2) is 18.2 Å². The lowest BCUT2D eigenvalue weighted by Gasteiger charge is -2.22. The van der Waals surface area contributed by atoms with Crippen molar-refractivity contribution in [2.45, 2.75) is 34.2 Å². The van der Waals surface area contributed by atoms with Crippen LogP contribution in [0, 0.1) is 6.92 Å². The molecule has 0 unspecified atom stereocenters. The molecule has 2 rings (SSSR count). The van der Waals surface area contributed by atoms with Crippen molar-refractivity contribution in [3.8, 4) is 0 Å². The van der Waals surface area contributed by atoms with E-state index in [2.05, 4.69) is 48.5 Å². The normalized spacial score (nSPS) is 10.1. The van der Waals surface area contributed by atoms with Gasteiger partial charge in [0.05, 0.1) is 11.0 Å². The van der Waals surface area contributed by atoms with Gasteiger partial charge in [0.25, 0.3) is 0 Å². The first-order chi connectivity index (χ1) is 6.74. The van der Waals surface area contributed by atoms with Crippen molar-refractivity contribution in [2.24, 2.45) is 7.05 Å². The van der Waals surface area contributed by atoms with Gasteiger partial charge in [-0.3, -0.25) is 9.36 Å². The van der Waals surface area contributed by atoms with Crippen molar-refractivity contribution in [3.63, 3.8) is 0 Å². The summed E-state index contributed by atoms with van der Waals surface area (Å²) >= 11 is 0. The average molecular weight is 192 g/mol.